The Morgan fingerprint density at radius 3 is 2.69 bits per heavy atom. The molecule has 3 N–H and O–H groups in total. The Labute approximate surface area is 148 Å². The standard InChI is InChI=1S/C19H17FN2O4/c20-12-2-3-13-14(10-12)19(23)22-17(18(13)26-6-5-21)11-1-4-15-16(9-11)25-8-7-24-15/h1-4,9-10H,5-8,21H2,(H,22,23). The van der Waals surface area contributed by atoms with Gasteiger partial charge < -0.3 is 24.9 Å². The third-order valence-electron chi connectivity index (χ3n) is 4.13. The Morgan fingerprint density at radius 2 is 1.88 bits per heavy atom. The van der Waals surface area contributed by atoms with Crippen LogP contribution in [0.4, 0.5) is 4.39 Å². The van der Waals surface area contributed by atoms with Crippen LogP contribution < -0.4 is 25.5 Å². The van der Waals surface area contributed by atoms with E-state index in [0.717, 1.165) is 0 Å². The summed E-state index contributed by atoms with van der Waals surface area (Å²) in [6.45, 7) is 1.52. The van der Waals surface area contributed by atoms with Gasteiger partial charge >= 0.3 is 0 Å². The Morgan fingerprint density at radius 1 is 1.08 bits per heavy atom. The first-order valence-electron chi connectivity index (χ1n) is 8.26. The average molecular weight is 356 g/mol. The van der Waals surface area contributed by atoms with Crippen LogP contribution in [0.3, 0.4) is 0 Å². The van der Waals surface area contributed by atoms with E-state index in [2.05, 4.69) is 4.98 Å². The molecule has 7 heteroatoms. The third-order valence-corrected chi connectivity index (χ3v) is 4.13. The van der Waals surface area contributed by atoms with Gasteiger partial charge in [-0.05, 0) is 36.4 Å². The van der Waals surface area contributed by atoms with E-state index >= 15 is 0 Å². The van der Waals surface area contributed by atoms with Crippen molar-refractivity contribution in [3.63, 3.8) is 0 Å². The normalized spacial score (nSPS) is 13.0. The van der Waals surface area contributed by atoms with E-state index in [4.69, 9.17) is 19.9 Å². The van der Waals surface area contributed by atoms with Crippen LogP contribution in [-0.4, -0.2) is 31.3 Å². The summed E-state index contributed by atoms with van der Waals surface area (Å²) in [5.41, 5.74) is 6.35. The molecular weight excluding hydrogens is 339 g/mol. The van der Waals surface area contributed by atoms with Crippen LogP contribution in [0.5, 0.6) is 17.2 Å². The van der Waals surface area contributed by atoms with Gasteiger partial charge in [0.25, 0.3) is 5.56 Å². The van der Waals surface area contributed by atoms with Gasteiger partial charge in [0, 0.05) is 17.5 Å². The van der Waals surface area contributed by atoms with Crippen molar-refractivity contribution in [2.24, 2.45) is 5.73 Å². The van der Waals surface area contributed by atoms with Crippen molar-refractivity contribution < 1.29 is 18.6 Å². The maximum absolute atomic E-state index is 13.6. The fraction of sp³-hybridized carbons (Fsp3) is 0.211. The maximum atomic E-state index is 13.6. The largest absolute Gasteiger partial charge is 0.489 e. The number of aromatic nitrogens is 1. The Kier molecular flexibility index (Phi) is 4.22. The van der Waals surface area contributed by atoms with Crippen LogP contribution in [0.2, 0.25) is 0 Å². The van der Waals surface area contributed by atoms with Gasteiger partial charge in [-0.25, -0.2) is 4.39 Å². The second-order valence-corrected chi connectivity index (χ2v) is 5.84. The van der Waals surface area contributed by atoms with Gasteiger partial charge in [0.1, 0.15) is 25.6 Å². The highest BCUT2D eigenvalue weighted by atomic mass is 19.1. The van der Waals surface area contributed by atoms with Gasteiger partial charge in [-0.3, -0.25) is 4.79 Å². The van der Waals surface area contributed by atoms with Crippen molar-refractivity contribution in [2.45, 2.75) is 0 Å². The number of aromatic amines is 1. The molecule has 0 radical (unpaired) electrons. The number of pyridine rings is 1. The molecule has 0 aliphatic carbocycles. The first kappa shape index (κ1) is 16.4. The molecule has 0 amide bonds. The van der Waals surface area contributed by atoms with Crippen molar-refractivity contribution in [2.75, 3.05) is 26.4 Å². The summed E-state index contributed by atoms with van der Waals surface area (Å²) in [7, 11) is 0. The number of fused-ring (bicyclic) bond motifs is 2. The van der Waals surface area contributed by atoms with Crippen molar-refractivity contribution >= 4 is 10.8 Å². The second kappa shape index (κ2) is 6.68. The minimum absolute atomic E-state index is 0.221. The maximum Gasteiger partial charge on any atom is 0.256 e. The monoisotopic (exact) mass is 356 g/mol. The summed E-state index contributed by atoms with van der Waals surface area (Å²) in [4.78, 5) is 15.3. The molecule has 0 atom stereocenters. The average Bonchev–Trinajstić information content (AvgIpc) is 2.67. The molecule has 134 valence electrons. The molecule has 4 rings (SSSR count). The van der Waals surface area contributed by atoms with E-state index in [9.17, 15) is 9.18 Å². The van der Waals surface area contributed by atoms with Gasteiger partial charge in [-0.1, -0.05) is 0 Å². The molecule has 6 nitrogen and oxygen atoms in total. The zero-order valence-electron chi connectivity index (χ0n) is 13.9. The summed E-state index contributed by atoms with van der Waals surface area (Å²) >= 11 is 0. The van der Waals surface area contributed by atoms with E-state index in [1.54, 1.807) is 12.1 Å². The Bertz CT molecular complexity index is 1030. The molecule has 0 saturated heterocycles. The summed E-state index contributed by atoms with van der Waals surface area (Å²) in [5, 5.41) is 0.742. The minimum Gasteiger partial charge on any atom is -0.489 e. The molecule has 1 aromatic heterocycles. The first-order chi connectivity index (χ1) is 12.7. The quantitative estimate of drug-likeness (QED) is 0.750. The molecule has 0 bridgehead atoms. The van der Waals surface area contributed by atoms with Gasteiger partial charge in [-0.15, -0.1) is 0 Å². The summed E-state index contributed by atoms with van der Waals surface area (Å²) in [6.07, 6.45) is 0. The van der Waals surface area contributed by atoms with Crippen LogP contribution in [0.25, 0.3) is 22.0 Å². The number of halogens is 1. The second-order valence-electron chi connectivity index (χ2n) is 5.84. The van der Waals surface area contributed by atoms with E-state index in [1.807, 2.05) is 6.07 Å². The number of H-pyrrole nitrogens is 1. The fourth-order valence-corrected chi connectivity index (χ4v) is 2.99. The smallest absolute Gasteiger partial charge is 0.256 e. The van der Waals surface area contributed by atoms with Crippen molar-refractivity contribution in [1.82, 2.24) is 4.98 Å². The highest BCUT2D eigenvalue weighted by Crippen LogP contribution is 2.38. The lowest BCUT2D eigenvalue weighted by Crippen LogP contribution is -2.16. The molecular formula is C19H17FN2O4. The van der Waals surface area contributed by atoms with Gasteiger partial charge in [0.05, 0.1) is 11.1 Å². The molecule has 2 heterocycles. The molecule has 0 fully saturated rings. The highest BCUT2D eigenvalue weighted by molar-refractivity contribution is 5.93. The molecule has 0 spiro atoms. The first-order valence-corrected chi connectivity index (χ1v) is 8.26. The SMILES string of the molecule is NCCOc1c(-c2ccc3c(c2)OCCO3)[nH]c(=O)c2cc(F)ccc12. The van der Waals surface area contributed by atoms with E-state index in [0.29, 0.717) is 53.7 Å². The summed E-state index contributed by atoms with van der Waals surface area (Å²) in [5.74, 6) is 1.20. The van der Waals surface area contributed by atoms with Gasteiger partial charge in [0.2, 0.25) is 0 Å². The molecule has 26 heavy (non-hydrogen) atoms. The van der Waals surface area contributed by atoms with Crippen molar-refractivity contribution in [1.29, 1.82) is 0 Å². The lowest BCUT2D eigenvalue weighted by atomic mass is 10.0. The number of nitrogens with two attached hydrogens (primary N) is 1. The van der Waals surface area contributed by atoms with Crippen LogP contribution in [-0.2, 0) is 0 Å². The number of hydrogen-bond acceptors (Lipinski definition) is 5. The van der Waals surface area contributed by atoms with E-state index < -0.39 is 11.4 Å². The zero-order valence-corrected chi connectivity index (χ0v) is 13.9. The van der Waals surface area contributed by atoms with E-state index in [1.165, 1.54) is 18.2 Å². The van der Waals surface area contributed by atoms with Crippen LogP contribution in [0.1, 0.15) is 0 Å². The van der Waals surface area contributed by atoms with Crippen molar-refractivity contribution in [3.05, 3.63) is 52.6 Å². The fourth-order valence-electron chi connectivity index (χ4n) is 2.99. The van der Waals surface area contributed by atoms with Gasteiger partial charge in [0.15, 0.2) is 17.2 Å². The Balaban J connectivity index is 1.93. The molecule has 3 aromatic rings. The highest BCUT2D eigenvalue weighted by Gasteiger charge is 2.18. The molecule has 0 unspecified atom stereocenters. The molecule has 2 aromatic carbocycles. The minimum atomic E-state index is -0.486. The number of rotatable bonds is 4. The number of benzene rings is 2. The van der Waals surface area contributed by atoms with Gasteiger partial charge in [-0.2, -0.15) is 0 Å². The lowest BCUT2D eigenvalue weighted by Gasteiger charge is -2.20. The topological polar surface area (TPSA) is 86.6 Å². The van der Waals surface area contributed by atoms with Crippen LogP contribution >= 0.6 is 0 Å². The lowest BCUT2D eigenvalue weighted by molar-refractivity contribution is 0.171. The summed E-state index contributed by atoms with van der Waals surface area (Å²) in [6, 6.07) is 9.40. The predicted molar refractivity (Wildman–Crippen MR) is 95.5 cm³/mol. The number of nitrogens with one attached hydrogen (secondary N) is 1. The number of ether oxygens (including phenoxy) is 3. The van der Waals surface area contributed by atoms with Crippen LogP contribution in [0.15, 0.2) is 41.2 Å². The van der Waals surface area contributed by atoms with Crippen LogP contribution in [0, 0.1) is 5.82 Å². The number of hydrogen-bond donors (Lipinski definition) is 2. The molecule has 1 aliphatic heterocycles. The van der Waals surface area contributed by atoms with E-state index in [-0.39, 0.29) is 12.0 Å². The zero-order chi connectivity index (χ0) is 18.1. The predicted octanol–water partition coefficient (Wildman–Crippen LogP) is 2.44. The molecule has 0 saturated carbocycles. The Hall–Kier alpha value is -3.06. The summed E-state index contributed by atoms with van der Waals surface area (Å²) < 4.78 is 30.5. The van der Waals surface area contributed by atoms with Crippen molar-refractivity contribution in [3.8, 4) is 28.5 Å². The molecule has 1 aliphatic rings. The third kappa shape index (κ3) is 2.86.